The van der Waals surface area contributed by atoms with E-state index in [1.54, 1.807) is 0 Å². The Morgan fingerprint density at radius 3 is 2.84 bits per heavy atom. The maximum Gasteiger partial charge on any atom is 0.274 e. The van der Waals surface area contributed by atoms with Gasteiger partial charge in [-0.3, -0.25) is 9.89 Å². The summed E-state index contributed by atoms with van der Waals surface area (Å²) in [6.45, 7) is 7.68. The van der Waals surface area contributed by atoms with Gasteiger partial charge in [0.05, 0.1) is 5.52 Å². The largest absolute Gasteiger partial charge is 0.338 e. The molecule has 2 aromatic rings. The molecule has 4 nitrogen and oxygen atoms in total. The van der Waals surface area contributed by atoms with Crippen molar-refractivity contribution in [2.75, 3.05) is 13.1 Å². The lowest BCUT2D eigenvalue weighted by Gasteiger charge is -2.19. The van der Waals surface area contributed by atoms with Crippen LogP contribution in [0.3, 0.4) is 0 Å². The molecule has 0 radical (unpaired) electrons. The molecule has 0 spiro atoms. The third-order valence-corrected chi connectivity index (χ3v) is 3.37. The van der Waals surface area contributed by atoms with Crippen molar-refractivity contribution < 1.29 is 4.79 Å². The number of aromatic nitrogens is 2. The van der Waals surface area contributed by atoms with Crippen LogP contribution in [-0.4, -0.2) is 34.1 Å². The average molecular weight is 259 g/mol. The number of H-pyrrole nitrogens is 1. The van der Waals surface area contributed by atoms with Crippen LogP contribution in [0.25, 0.3) is 10.9 Å². The van der Waals surface area contributed by atoms with Crippen molar-refractivity contribution in [1.29, 1.82) is 0 Å². The molecule has 1 aromatic carbocycles. The zero-order valence-electron chi connectivity index (χ0n) is 11.9. The molecule has 4 heteroatoms. The second-order valence-corrected chi connectivity index (χ2v) is 4.86. The number of rotatable bonds is 5. The Labute approximate surface area is 113 Å². The second-order valence-electron chi connectivity index (χ2n) is 4.86. The number of nitrogens with one attached hydrogen (secondary N) is 1. The molecular weight excluding hydrogens is 238 g/mol. The van der Waals surface area contributed by atoms with E-state index in [1.165, 1.54) is 0 Å². The third-order valence-electron chi connectivity index (χ3n) is 3.37. The van der Waals surface area contributed by atoms with E-state index in [4.69, 9.17) is 0 Å². The van der Waals surface area contributed by atoms with Gasteiger partial charge in [-0.05, 0) is 32.4 Å². The van der Waals surface area contributed by atoms with Crippen molar-refractivity contribution in [3.63, 3.8) is 0 Å². The fourth-order valence-corrected chi connectivity index (χ4v) is 2.19. The molecule has 0 atom stereocenters. The van der Waals surface area contributed by atoms with Crippen molar-refractivity contribution in [3.8, 4) is 0 Å². The van der Waals surface area contributed by atoms with Gasteiger partial charge in [0.1, 0.15) is 0 Å². The van der Waals surface area contributed by atoms with E-state index in [0.29, 0.717) is 5.69 Å². The predicted molar refractivity (Wildman–Crippen MR) is 77.3 cm³/mol. The minimum absolute atomic E-state index is 0.0211. The number of carbonyl (C=O) groups is 1. The maximum absolute atomic E-state index is 12.5. The first-order chi connectivity index (χ1) is 9.17. The Morgan fingerprint density at radius 1 is 1.37 bits per heavy atom. The molecule has 0 unspecified atom stereocenters. The predicted octanol–water partition coefficient (Wildman–Crippen LogP) is 3.13. The van der Waals surface area contributed by atoms with E-state index in [-0.39, 0.29) is 5.91 Å². The number of aryl methyl sites for hydroxylation is 1. The van der Waals surface area contributed by atoms with E-state index in [1.807, 2.05) is 36.9 Å². The number of carbonyl (C=O) groups excluding carboxylic acids is 1. The highest BCUT2D eigenvalue weighted by Crippen LogP contribution is 2.19. The van der Waals surface area contributed by atoms with E-state index in [2.05, 4.69) is 17.1 Å². The van der Waals surface area contributed by atoms with Gasteiger partial charge in [-0.15, -0.1) is 0 Å². The number of amides is 1. The van der Waals surface area contributed by atoms with Crippen LogP contribution in [0, 0.1) is 6.92 Å². The van der Waals surface area contributed by atoms with Gasteiger partial charge in [0.25, 0.3) is 5.91 Å². The summed E-state index contributed by atoms with van der Waals surface area (Å²) in [4.78, 5) is 14.4. The summed E-state index contributed by atoms with van der Waals surface area (Å²) < 4.78 is 0. The average Bonchev–Trinajstić information content (AvgIpc) is 2.82. The van der Waals surface area contributed by atoms with Gasteiger partial charge >= 0.3 is 0 Å². The molecule has 19 heavy (non-hydrogen) atoms. The number of unbranched alkanes of at least 4 members (excludes halogenated alkanes) is 1. The first kappa shape index (κ1) is 13.6. The van der Waals surface area contributed by atoms with E-state index < -0.39 is 0 Å². The van der Waals surface area contributed by atoms with Gasteiger partial charge in [0.2, 0.25) is 0 Å². The van der Waals surface area contributed by atoms with Crippen LogP contribution in [0.5, 0.6) is 0 Å². The van der Waals surface area contributed by atoms with Crippen LogP contribution < -0.4 is 0 Å². The molecule has 1 aromatic heterocycles. The highest BCUT2D eigenvalue weighted by molar-refractivity contribution is 6.04. The molecule has 0 saturated heterocycles. The number of hydrogen-bond acceptors (Lipinski definition) is 2. The van der Waals surface area contributed by atoms with Gasteiger partial charge in [-0.25, -0.2) is 0 Å². The Hall–Kier alpha value is -1.84. The fourth-order valence-electron chi connectivity index (χ4n) is 2.19. The smallest absolute Gasteiger partial charge is 0.274 e. The molecule has 0 aliphatic carbocycles. The summed E-state index contributed by atoms with van der Waals surface area (Å²) in [6, 6.07) is 6.00. The Morgan fingerprint density at radius 2 is 2.16 bits per heavy atom. The Balaban J connectivity index is 2.32. The molecule has 1 heterocycles. The van der Waals surface area contributed by atoms with Gasteiger partial charge < -0.3 is 4.90 Å². The highest BCUT2D eigenvalue weighted by Gasteiger charge is 2.19. The van der Waals surface area contributed by atoms with Crippen molar-refractivity contribution >= 4 is 16.8 Å². The van der Waals surface area contributed by atoms with Gasteiger partial charge in [0, 0.05) is 18.5 Å². The number of nitrogens with zero attached hydrogens (tertiary/aromatic N) is 2. The summed E-state index contributed by atoms with van der Waals surface area (Å²) in [6.07, 6.45) is 2.12. The number of fused-ring (bicyclic) bond motifs is 1. The van der Waals surface area contributed by atoms with Crippen LogP contribution in [0.4, 0.5) is 0 Å². The molecule has 2 rings (SSSR count). The standard InChI is InChI=1S/C15H21N3O/c1-4-6-9-18(5-2)15(19)14-12-10-11(3)7-8-13(12)16-17-14/h7-8,10H,4-6,9H2,1-3H3,(H,16,17). The quantitative estimate of drug-likeness (QED) is 0.896. The molecule has 1 N–H and O–H groups in total. The fraction of sp³-hybridized carbons (Fsp3) is 0.467. The monoisotopic (exact) mass is 259 g/mol. The normalized spacial score (nSPS) is 10.9. The van der Waals surface area contributed by atoms with Crippen molar-refractivity contribution in [2.24, 2.45) is 0 Å². The number of aromatic amines is 1. The summed E-state index contributed by atoms with van der Waals surface area (Å²) in [5, 5.41) is 8.05. The first-order valence-electron chi connectivity index (χ1n) is 6.91. The zero-order chi connectivity index (χ0) is 13.8. The van der Waals surface area contributed by atoms with Crippen LogP contribution in [0.2, 0.25) is 0 Å². The maximum atomic E-state index is 12.5. The molecular formula is C15H21N3O. The lowest BCUT2D eigenvalue weighted by molar-refractivity contribution is 0.0758. The lowest BCUT2D eigenvalue weighted by atomic mass is 10.1. The summed E-state index contributed by atoms with van der Waals surface area (Å²) in [7, 11) is 0. The third kappa shape index (κ3) is 2.78. The zero-order valence-corrected chi connectivity index (χ0v) is 11.9. The van der Waals surface area contributed by atoms with Crippen LogP contribution >= 0.6 is 0 Å². The molecule has 102 valence electrons. The minimum atomic E-state index is 0.0211. The number of benzene rings is 1. The SMILES string of the molecule is CCCCN(CC)C(=O)c1n[nH]c2ccc(C)cc12. The van der Waals surface area contributed by atoms with E-state index >= 15 is 0 Å². The first-order valence-corrected chi connectivity index (χ1v) is 6.91. The van der Waals surface area contributed by atoms with Gasteiger partial charge in [0.15, 0.2) is 5.69 Å². The van der Waals surface area contributed by atoms with Crippen molar-refractivity contribution in [3.05, 3.63) is 29.5 Å². The topological polar surface area (TPSA) is 49.0 Å². The minimum Gasteiger partial charge on any atom is -0.338 e. The van der Waals surface area contributed by atoms with Gasteiger partial charge in [-0.2, -0.15) is 5.10 Å². The molecule has 0 aliphatic heterocycles. The summed E-state index contributed by atoms with van der Waals surface area (Å²) in [5.41, 5.74) is 2.59. The van der Waals surface area contributed by atoms with Gasteiger partial charge in [-0.1, -0.05) is 25.0 Å². The summed E-state index contributed by atoms with van der Waals surface area (Å²) in [5.74, 6) is 0.0211. The molecule has 0 saturated carbocycles. The second kappa shape index (κ2) is 5.87. The van der Waals surface area contributed by atoms with Crippen LogP contribution in [0.15, 0.2) is 18.2 Å². The lowest BCUT2D eigenvalue weighted by Crippen LogP contribution is -2.32. The Kier molecular flexibility index (Phi) is 4.20. The van der Waals surface area contributed by atoms with Crippen molar-refractivity contribution in [1.82, 2.24) is 15.1 Å². The molecule has 0 aliphatic rings. The van der Waals surface area contributed by atoms with E-state index in [0.717, 1.165) is 42.4 Å². The highest BCUT2D eigenvalue weighted by atomic mass is 16.2. The van der Waals surface area contributed by atoms with E-state index in [9.17, 15) is 4.79 Å². The Bertz CT molecular complexity index is 574. The molecule has 0 bridgehead atoms. The van der Waals surface area contributed by atoms with Crippen LogP contribution in [-0.2, 0) is 0 Å². The van der Waals surface area contributed by atoms with Crippen LogP contribution in [0.1, 0.15) is 42.7 Å². The molecule has 0 fully saturated rings. The summed E-state index contributed by atoms with van der Waals surface area (Å²) >= 11 is 0. The van der Waals surface area contributed by atoms with Crippen molar-refractivity contribution in [2.45, 2.75) is 33.6 Å². The molecule has 1 amide bonds. The number of hydrogen-bond donors (Lipinski definition) is 1.